The Morgan fingerprint density at radius 2 is 2.31 bits per heavy atom. The van der Waals surface area contributed by atoms with Crippen LogP contribution in [-0.2, 0) is 9.47 Å². The smallest absolute Gasteiger partial charge is 0.146 e. The van der Waals surface area contributed by atoms with Gasteiger partial charge in [-0.1, -0.05) is 28.1 Å². The number of benzene rings is 1. The van der Waals surface area contributed by atoms with Gasteiger partial charge in [-0.2, -0.15) is 0 Å². The molecular weight excluding hydrogens is 232 g/mol. The fourth-order valence-corrected chi connectivity index (χ4v) is 1.34. The zero-order valence-corrected chi connectivity index (χ0v) is 9.08. The lowest BCUT2D eigenvalue weighted by Crippen LogP contribution is -1.99. The highest BCUT2D eigenvalue weighted by Gasteiger charge is 1.94. The number of hydrogen-bond donors (Lipinski definition) is 0. The Bertz CT molecular complexity index is 250. The van der Waals surface area contributed by atoms with Crippen LogP contribution in [0.5, 0.6) is 0 Å². The molecule has 3 heteroatoms. The monoisotopic (exact) mass is 243 g/mol. The van der Waals surface area contributed by atoms with Gasteiger partial charge < -0.3 is 9.47 Å². The Morgan fingerprint density at radius 3 is 3.00 bits per heavy atom. The van der Waals surface area contributed by atoms with Crippen molar-refractivity contribution in [1.82, 2.24) is 0 Å². The molecule has 0 heterocycles. The molecule has 1 aromatic carbocycles. The molecule has 0 fully saturated rings. The van der Waals surface area contributed by atoms with E-state index in [0.717, 1.165) is 10.0 Å². The molecule has 0 atom stereocenters. The molecule has 0 aliphatic rings. The van der Waals surface area contributed by atoms with Crippen molar-refractivity contribution in [2.45, 2.75) is 0 Å². The van der Waals surface area contributed by atoms with E-state index in [4.69, 9.17) is 9.47 Å². The van der Waals surface area contributed by atoms with Crippen LogP contribution in [0.4, 0.5) is 0 Å². The maximum Gasteiger partial charge on any atom is 0.146 e. The van der Waals surface area contributed by atoms with Crippen LogP contribution in [-0.4, -0.2) is 20.5 Å². The molecule has 0 saturated carbocycles. The summed E-state index contributed by atoms with van der Waals surface area (Å²) in [6.45, 7) is 0.912. The maximum absolute atomic E-state index is 5.13. The number of methoxy groups -OCH3 is 1. The predicted octanol–water partition coefficient (Wildman–Crippen LogP) is 2.62. The van der Waals surface area contributed by atoms with Gasteiger partial charge >= 0.3 is 0 Å². The molecule has 0 spiro atoms. The quantitative estimate of drug-likeness (QED) is 0.585. The van der Waals surface area contributed by atoms with E-state index in [1.165, 1.54) is 0 Å². The van der Waals surface area contributed by atoms with Crippen molar-refractivity contribution in [3.05, 3.63) is 40.7 Å². The minimum absolute atomic E-state index is 0.338. The standard InChI is InChI=1S/C10H12BrO2/c1-12-8-13-6-5-9-3-2-4-10(11)7-9/h2-5,7H,6,8H2,1H3. The van der Waals surface area contributed by atoms with Crippen molar-refractivity contribution in [3.8, 4) is 0 Å². The topological polar surface area (TPSA) is 18.5 Å². The first-order valence-electron chi connectivity index (χ1n) is 3.98. The molecule has 0 N–H and O–H groups in total. The Balaban J connectivity index is 2.28. The summed E-state index contributed by atoms with van der Waals surface area (Å²) in [5.41, 5.74) is 1.14. The van der Waals surface area contributed by atoms with Crippen molar-refractivity contribution >= 4 is 15.9 Å². The first-order valence-corrected chi connectivity index (χ1v) is 4.77. The SMILES string of the molecule is COCOC[CH]c1cccc(Br)c1. The second-order valence-corrected chi connectivity index (χ2v) is 3.45. The summed E-state index contributed by atoms with van der Waals surface area (Å²) in [5.74, 6) is 0. The molecular formula is C10H12BrO2. The normalized spacial score (nSPS) is 10.3. The number of hydrogen-bond acceptors (Lipinski definition) is 2. The maximum atomic E-state index is 5.13. The highest BCUT2D eigenvalue weighted by atomic mass is 79.9. The van der Waals surface area contributed by atoms with Crippen LogP contribution in [0, 0.1) is 6.42 Å². The second-order valence-electron chi connectivity index (χ2n) is 2.54. The second kappa shape index (κ2) is 6.13. The summed E-state index contributed by atoms with van der Waals surface area (Å²) >= 11 is 3.40. The molecule has 0 unspecified atom stereocenters. The minimum atomic E-state index is 0.338. The molecule has 1 aromatic rings. The molecule has 0 aliphatic carbocycles. The van der Waals surface area contributed by atoms with Crippen LogP contribution in [0.3, 0.4) is 0 Å². The van der Waals surface area contributed by atoms with Crippen molar-refractivity contribution in [2.75, 3.05) is 20.5 Å². The number of halogens is 1. The third-order valence-corrected chi connectivity index (χ3v) is 1.98. The van der Waals surface area contributed by atoms with E-state index in [1.54, 1.807) is 7.11 Å². The fraction of sp³-hybridized carbons (Fsp3) is 0.300. The van der Waals surface area contributed by atoms with Gasteiger partial charge in [0.15, 0.2) is 0 Å². The highest BCUT2D eigenvalue weighted by molar-refractivity contribution is 9.10. The van der Waals surface area contributed by atoms with Gasteiger partial charge in [0.25, 0.3) is 0 Å². The summed E-state index contributed by atoms with van der Waals surface area (Å²) < 4.78 is 11.0. The van der Waals surface area contributed by atoms with Gasteiger partial charge in [0.2, 0.25) is 0 Å². The summed E-state index contributed by atoms with van der Waals surface area (Å²) in [5, 5.41) is 0. The molecule has 0 saturated heterocycles. The zero-order valence-electron chi connectivity index (χ0n) is 7.50. The fourth-order valence-electron chi connectivity index (χ4n) is 0.920. The molecule has 0 aromatic heterocycles. The minimum Gasteiger partial charge on any atom is -0.359 e. The van der Waals surface area contributed by atoms with Crippen LogP contribution >= 0.6 is 15.9 Å². The Kier molecular flexibility index (Phi) is 5.05. The summed E-state index contributed by atoms with van der Waals surface area (Å²) in [4.78, 5) is 0. The first-order chi connectivity index (χ1) is 6.33. The van der Waals surface area contributed by atoms with E-state index in [9.17, 15) is 0 Å². The molecule has 1 rings (SSSR count). The van der Waals surface area contributed by atoms with Gasteiger partial charge in [0.05, 0.1) is 6.61 Å². The first kappa shape index (κ1) is 10.7. The molecule has 2 nitrogen and oxygen atoms in total. The average molecular weight is 244 g/mol. The Morgan fingerprint density at radius 1 is 1.46 bits per heavy atom. The molecule has 71 valence electrons. The van der Waals surface area contributed by atoms with E-state index in [1.807, 2.05) is 30.7 Å². The summed E-state index contributed by atoms with van der Waals surface area (Å²) in [6.07, 6.45) is 2.00. The lowest BCUT2D eigenvalue weighted by molar-refractivity contribution is -0.0213. The Labute approximate surface area is 87.0 Å². The van der Waals surface area contributed by atoms with Gasteiger partial charge in [0.1, 0.15) is 6.79 Å². The molecule has 0 aliphatic heterocycles. The molecule has 13 heavy (non-hydrogen) atoms. The lowest BCUT2D eigenvalue weighted by atomic mass is 10.2. The average Bonchev–Trinajstić information content (AvgIpc) is 2.13. The van der Waals surface area contributed by atoms with E-state index in [2.05, 4.69) is 15.9 Å². The van der Waals surface area contributed by atoms with Crippen LogP contribution in [0.15, 0.2) is 28.7 Å². The van der Waals surface area contributed by atoms with Crippen molar-refractivity contribution < 1.29 is 9.47 Å². The number of ether oxygens (including phenoxy) is 2. The van der Waals surface area contributed by atoms with Gasteiger partial charge in [-0.15, -0.1) is 0 Å². The van der Waals surface area contributed by atoms with Crippen molar-refractivity contribution in [1.29, 1.82) is 0 Å². The van der Waals surface area contributed by atoms with Gasteiger partial charge in [0, 0.05) is 18.0 Å². The van der Waals surface area contributed by atoms with E-state index in [-0.39, 0.29) is 0 Å². The summed E-state index contributed by atoms with van der Waals surface area (Å²) in [7, 11) is 1.61. The van der Waals surface area contributed by atoms with Gasteiger partial charge in [-0.05, 0) is 17.7 Å². The van der Waals surface area contributed by atoms with Crippen LogP contribution < -0.4 is 0 Å². The van der Waals surface area contributed by atoms with Gasteiger partial charge in [-0.25, -0.2) is 0 Å². The third kappa shape index (κ3) is 4.41. The molecule has 0 bridgehead atoms. The van der Waals surface area contributed by atoms with Crippen LogP contribution in [0.1, 0.15) is 5.56 Å². The lowest BCUT2D eigenvalue weighted by Gasteiger charge is -2.02. The Hall–Kier alpha value is -0.380. The predicted molar refractivity (Wildman–Crippen MR) is 55.4 cm³/mol. The third-order valence-electron chi connectivity index (χ3n) is 1.49. The van der Waals surface area contributed by atoms with E-state index in [0.29, 0.717) is 13.4 Å². The molecule has 0 amide bonds. The van der Waals surface area contributed by atoms with Crippen LogP contribution in [0.2, 0.25) is 0 Å². The largest absolute Gasteiger partial charge is 0.359 e. The molecule has 1 radical (unpaired) electrons. The van der Waals surface area contributed by atoms with Crippen molar-refractivity contribution in [2.24, 2.45) is 0 Å². The van der Waals surface area contributed by atoms with E-state index >= 15 is 0 Å². The highest BCUT2D eigenvalue weighted by Crippen LogP contribution is 2.12. The summed E-state index contributed by atoms with van der Waals surface area (Å²) in [6, 6.07) is 8.05. The zero-order chi connectivity index (χ0) is 9.52. The van der Waals surface area contributed by atoms with E-state index < -0.39 is 0 Å². The van der Waals surface area contributed by atoms with Crippen molar-refractivity contribution in [3.63, 3.8) is 0 Å². The van der Waals surface area contributed by atoms with Crippen LogP contribution in [0.25, 0.3) is 0 Å². The number of rotatable bonds is 5. The van der Waals surface area contributed by atoms with Gasteiger partial charge in [-0.3, -0.25) is 0 Å².